The van der Waals surface area contributed by atoms with Gasteiger partial charge in [0.15, 0.2) is 12.6 Å². The molecule has 0 aliphatic heterocycles. The van der Waals surface area contributed by atoms with E-state index in [-0.39, 0.29) is 5.88 Å². The lowest BCUT2D eigenvalue weighted by atomic mass is 10.3. The van der Waals surface area contributed by atoms with Crippen LogP contribution in [0.4, 0.5) is 13.2 Å². The smallest absolute Gasteiger partial charge is 0.422 e. The predicted octanol–water partition coefficient (Wildman–Crippen LogP) is 3.00. The SMILES string of the molecule is CN=C(NCCc1nc(C)c(C)s1)NCc1ccc(OCC(F)(F)F)nc1. The molecule has 2 heterocycles. The van der Waals surface area contributed by atoms with Gasteiger partial charge in [-0.1, -0.05) is 6.07 Å². The molecule has 10 heteroatoms. The van der Waals surface area contributed by atoms with E-state index in [2.05, 4.69) is 37.3 Å². The van der Waals surface area contributed by atoms with E-state index >= 15 is 0 Å². The number of nitrogens with one attached hydrogen (secondary N) is 2. The number of guanidine groups is 1. The van der Waals surface area contributed by atoms with Crippen molar-refractivity contribution in [3.63, 3.8) is 0 Å². The molecule has 0 saturated carbocycles. The summed E-state index contributed by atoms with van der Waals surface area (Å²) in [5.74, 6) is 0.560. The van der Waals surface area contributed by atoms with Crippen LogP contribution in [0, 0.1) is 13.8 Å². The summed E-state index contributed by atoms with van der Waals surface area (Å²) < 4.78 is 40.9. The third-order valence-electron chi connectivity index (χ3n) is 3.57. The fraction of sp³-hybridized carbons (Fsp3) is 0.471. The molecule has 27 heavy (non-hydrogen) atoms. The van der Waals surface area contributed by atoms with Crippen molar-refractivity contribution in [1.82, 2.24) is 20.6 Å². The molecular weight excluding hydrogens is 379 g/mol. The molecule has 2 aromatic heterocycles. The first-order valence-electron chi connectivity index (χ1n) is 8.28. The molecule has 148 valence electrons. The fourth-order valence-corrected chi connectivity index (χ4v) is 3.03. The van der Waals surface area contributed by atoms with Crippen LogP contribution in [0.25, 0.3) is 0 Å². The van der Waals surface area contributed by atoms with Crippen LogP contribution in [0.5, 0.6) is 5.88 Å². The van der Waals surface area contributed by atoms with E-state index in [1.54, 1.807) is 24.5 Å². The van der Waals surface area contributed by atoms with Crippen molar-refractivity contribution in [2.24, 2.45) is 4.99 Å². The molecule has 0 amide bonds. The third kappa shape index (κ3) is 7.41. The van der Waals surface area contributed by atoms with Crippen molar-refractivity contribution < 1.29 is 17.9 Å². The summed E-state index contributed by atoms with van der Waals surface area (Å²) in [7, 11) is 1.67. The number of pyridine rings is 1. The summed E-state index contributed by atoms with van der Waals surface area (Å²) in [6, 6.07) is 3.06. The van der Waals surface area contributed by atoms with Crippen LogP contribution < -0.4 is 15.4 Å². The highest BCUT2D eigenvalue weighted by molar-refractivity contribution is 7.11. The fourth-order valence-electron chi connectivity index (χ4n) is 2.10. The number of aromatic nitrogens is 2. The minimum atomic E-state index is -4.38. The molecule has 0 saturated heterocycles. The lowest BCUT2D eigenvalue weighted by Gasteiger charge is -2.12. The maximum Gasteiger partial charge on any atom is 0.422 e. The van der Waals surface area contributed by atoms with Crippen molar-refractivity contribution in [1.29, 1.82) is 0 Å². The van der Waals surface area contributed by atoms with Crippen molar-refractivity contribution >= 4 is 17.3 Å². The quantitative estimate of drug-likeness (QED) is 0.551. The van der Waals surface area contributed by atoms with E-state index in [1.807, 2.05) is 6.92 Å². The molecule has 0 aromatic carbocycles. The van der Waals surface area contributed by atoms with Crippen LogP contribution in [-0.2, 0) is 13.0 Å². The number of alkyl halides is 3. The number of rotatable bonds is 7. The average Bonchev–Trinajstić information content (AvgIpc) is 2.94. The first-order valence-corrected chi connectivity index (χ1v) is 9.10. The molecule has 0 spiro atoms. The van der Waals surface area contributed by atoms with Crippen LogP contribution in [0.1, 0.15) is 21.1 Å². The Balaban J connectivity index is 1.75. The molecule has 0 aliphatic rings. The second kappa shape index (κ2) is 9.54. The normalized spacial score (nSPS) is 12.1. The lowest BCUT2D eigenvalue weighted by molar-refractivity contribution is -0.154. The highest BCUT2D eigenvalue weighted by Gasteiger charge is 2.28. The van der Waals surface area contributed by atoms with Crippen LogP contribution in [0.2, 0.25) is 0 Å². The molecule has 0 fully saturated rings. The maximum atomic E-state index is 12.1. The highest BCUT2D eigenvalue weighted by atomic mass is 32.1. The van der Waals surface area contributed by atoms with Gasteiger partial charge >= 0.3 is 6.18 Å². The Bertz CT molecular complexity index is 739. The zero-order chi connectivity index (χ0) is 19.9. The largest absolute Gasteiger partial charge is 0.468 e. The molecule has 0 atom stereocenters. The molecule has 0 bridgehead atoms. The van der Waals surface area contributed by atoms with Crippen LogP contribution >= 0.6 is 11.3 Å². The topological polar surface area (TPSA) is 71.4 Å². The van der Waals surface area contributed by atoms with Crippen LogP contribution in [0.3, 0.4) is 0 Å². The maximum absolute atomic E-state index is 12.1. The molecule has 6 nitrogen and oxygen atoms in total. The number of thiazole rings is 1. The highest BCUT2D eigenvalue weighted by Crippen LogP contribution is 2.17. The average molecular weight is 401 g/mol. The number of hydrogen-bond acceptors (Lipinski definition) is 5. The predicted molar refractivity (Wildman–Crippen MR) is 99.3 cm³/mol. The van der Waals surface area contributed by atoms with Gasteiger partial charge in [-0.25, -0.2) is 9.97 Å². The molecule has 0 unspecified atom stereocenters. The summed E-state index contributed by atoms with van der Waals surface area (Å²) in [5.41, 5.74) is 1.86. The van der Waals surface area contributed by atoms with Gasteiger partial charge in [0.2, 0.25) is 5.88 Å². The minimum Gasteiger partial charge on any atom is -0.468 e. The van der Waals surface area contributed by atoms with E-state index in [9.17, 15) is 13.2 Å². The van der Waals surface area contributed by atoms with Crippen molar-refractivity contribution in [2.75, 3.05) is 20.2 Å². The number of nitrogens with zero attached hydrogens (tertiary/aromatic N) is 3. The molecule has 2 rings (SSSR count). The molecule has 0 radical (unpaired) electrons. The van der Waals surface area contributed by atoms with Crippen LogP contribution in [-0.4, -0.2) is 42.3 Å². The number of aliphatic imine (C=N–C) groups is 1. The summed E-state index contributed by atoms with van der Waals surface area (Å²) in [4.78, 5) is 13.7. The number of aryl methyl sites for hydroxylation is 2. The van der Waals surface area contributed by atoms with Gasteiger partial charge in [0.05, 0.1) is 10.7 Å². The van der Waals surface area contributed by atoms with Gasteiger partial charge in [-0.3, -0.25) is 4.99 Å². The molecule has 0 aliphatic carbocycles. The Morgan fingerprint density at radius 3 is 2.59 bits per heavy atom. The van der Waals surface area contributed by atoms with Crippen molar-refractivity contribution in [3.05, 3.63) is 39.5 Å². The van der Waals surface area contributed by atoms with E-state index < -0.39 is 12.8 Å². The van der Waals surface area contributed by atoms with E-state index in [0.717, 1.165) is 22.7 Å². The van der Waals surface area contributed by atoms with Gasteiger partial charge in [0.1, 0.15) is 0 Å². The van der Waals surface area contributed by atoms with Gasteiger partial charge in [0.25, 0.3) is 0 Å². The van der Waals surface area contributed by atoms with E-state index in [0.29, 0.717) is 19.0 Å². The van der Waals surface area contributed by atoms with Gasteiger partial charge in [-0.05, 0) is 19.4 Å². The van der Waals surface area contributed by atoms with Crippen molar-refractivity contribution in [2.45, 2.75) is 33.0 Å². The first kappa shape index (κ1) is 20.9. The Morgan fingerprint density at radius 1 is 1.26 bits per heavy atom. The number of hydrogen-bond donors (Lipinski definition) is 2. The summed E-state index contributed by atoms with van der Waals surface area (Å²) in [6.07, 6.45) is -2.12. The zero-order valence-corrected chi connectivity index (χ0v) is 16.2. The Kier molecular flexibility index (Phi) is 7.40. The Hall–Kier alpha value is -2.36. The molecule has 2 aromatic rings. The summed E-state index contributed by atoms with van der Waals surface area (Å²) >= 11 is 1.69. The summed E-state index contributed by atoms with van der Waals surface area (Å²) in [6.45, 7) is 3.82. The number of ether oxygens (including phenoxy) is 1. The second-order valence-electron chi connectivity index (χ2n) is 5.76. The van der Waals surface area contributed by atoms with E-state index in [1.165, 1.54) is 17.1 Å². The Morgan fingerprint density at radius 2 is 2.04 bits per heavy atom. The van der Waals surface area contributed by atoms with Gasteiger partial charge in [-0.15, -0.1) is 11.3 Å². The van der Waals surface area contributed by atoms with Crippen LogP contribution in [0.15, 0.2) is 23.3 Å². The summed E-state index contributed by atoms with van der Waals surface area (Å²) in [5, 5.41) is 7.40. The Labute approximate surface area is 159 Å². The van der Waals surface area contributed by atoms with Gasteiger partial charge in [0, 0.05) is 43.7 Å². The zero-order valence-electron chi connectivity index (χ0n) is 15.4. The lowest BCUT2D eigenvalue weighted by Crippen LogP contribution is -2.37. The molecular formula is C17H22F3N5OS. The van der Waals surface area contributed by atoms with Gasteiger partial charge < -0.3 is 15.4 Å². The first-order chi connectivity index (χ1) is 12.8. The van der Waals surface area contributed by atoms with Gasteiger partial charge in [-0.2, -0.15) is 13.2 Å². The van der Waals surface area contributed by atoms with E-state index in [4.69, 9.17) is 0 Å². The second-order valence-corrected chi connectivity index (χ2v) is 7.05. The molecule has 2 N–H and O–H groups in total. The number of halogens is 3. The minimum absolute atomic E-state index is 0.0624. The standard InChI is InChI=1S/C17H22F3N5OS/c1-11-12(2)27-15(25-11)6-7-22-16(21-3)24-9-13-4-5-14(23-8-13)26-10-17(18,19)20/h4-5,8H,6-7,9-10H2,1-3H3,(H2,21,22,24). The monoisotopic (exact) mass is 401 g/mol. The van der Waals surface area contributed by atoms with Crippen molar-refractivity contribution in [3.8, 4) is 5.88 Å². The third-order valence-corrected chi connectivity index (χ3v) is 4.70.